The first-order valence-electron chi connectivity index (χ1n) is 11.1. The van der Waals surface area contributed by atoms with Gasteiger partial charge in [-0.2, -0.15) is 0 Å². The molecule has 1 aliphatic heterocycles. The lowest BCUT2D eigenvalue weighted by atomic mass is 10.0. The van der Waals surface area contributed by atoms with Crippen molar-refractivity contribution in [1.82, 2.24) is 30.2 Å². The highest BCUT2D eigenvalue weighted by Gasteiger charge is 2.15. The van der Waals surface area contributed by atoms with Gasteiger partial charge in [-0.25, -0.2) is 19.9 Å². The largest absolute Gasteiger partial charge is 0.354 e. The second-order valence-electron chi connectivity index (χ2n) is 8.21. The zero-order valence-electron chi connectivity index (χ0n) is 18.3. The van der Waals surface area contributed by atoms with Crippen LogP contribution in [0, 0.1) is 0 Å². The smallest absolute Gasteiger partial charge is 0.255 e. The third-order valence-electron chi connectivity index (χ3n) is 6.05. The van der Waals surface area contributed by atoms with Crippen molar-refractivity contribution in [2.75, 3.05) is 36.4 Å². The van der Waals surface area contributed by atoms with E-state index in [1.54, 1.807) is 31.0 Å². The molecule has 3 N–H and O–H groups in total. The molecule has 1 amide bonds. The molecule has 9 heteroatoms. The van der Waals surface area contributed by atoms with Gasteiger partial charge in [-0.1, -0.05) is 6.07 Å². The second-order valence-corrected chi connectivity index (χ2v) is 8.21. The van der Waals surface area contributed by atoms with E-state index in [1.165, 1.54) is 0 Å². The first-order valence-corrected chi connectivity index (χ1v) is 11.1. The van der Waals surface area contributed by atoms with E-state index in [0.717, 1.165) is 65.1 Å². The summed E-state index contributed by atoms with van der Waals surface area (Å²) in [6, 6.07) is 11.6. The summed E-state index contributed by atoms with van der Waals surface area (Å²) in [6.07, 6.45) is 8.61. The summed E-state index contributed by atoms with van der Waals surface area (Å²) in [5.74, 6) is 0.621. The average molecular weight is 451 g/mol. The lowest BCUT2D eigenvalue weighted by Gasteiger charge is -2.28. The molecule has 4 aromatic heterocycles. The molecule has 0 saturated carbocycles. The molecule has 0 spiro atoms. The molecule has 0 aliphatic carbocycles. The van der Waals surface area contributed by atoms with Crippen molar-refractivity contribution in [3.8, 4) is 11.1 Å². The van der Waals surface area contributed by atoms with Crippen LogP contribution in [0.3, 0.4) is 0 Å². The molecule has 0 atom stereocenters. The number of carbonyl (C=O) groups is 1. The Kier molecular flexibility index (Phi) is 5.08. The van der Waals surface area contributed by atoms with E-state index in [4.69, 9.17) is 0 Å². The van der Waals surface area contributed by atoms with Crippen molar-refractivity contribution in [3.05, 3.63) is 73.1 Å². The van der Waals surface area contributed by atoms with Gasteiger partial charge in [-0.3, -0.25) is 4.79 Å². The Hall–Kier alpha value is -4.37. The van der Waals surface area contributed by atoms with Crippen molar-refractivity contribution in [1.29, 1.82) is 0 Å². The number of rotatable bonds is 4. The van der Waals surface area contributed by atoms with E-state index in [1.807, 2.05) is 30.5 Å². The monoisotopic (exact) mass is 450 g/mol. The van der Waals surface area contributed by atoms with E-state index >= 15 is 0 Å². The van der Waals surface area contributed by atoms with Gasteiger partial charge in [-0.05, 0) is 35.9 Å². The maximum Gasteiger partial charge on any atom is 0.255 e. The van der Waals surface area contributed by atoms with Gasteiger partial charge in [-0.15, -0.1) is 0 Å². The number of aromatic nitrogens is 5. The van der Waals surface area contributed by atoms with Crippen molar-refractivity contribution in [2.45, 2.75) is 0 Å². The van der Waals surface area contributed by atoms with Gasteiger partial charge < -0.3 is 20.5 Å². The molecule has 1 saturated heterocycles. The van der Waals surface area contributed by atoms with Gasteiger partial charge in [0.2, 0.25) is 0 Å². The van der Waals surface area contributed by atoms with Crippen LogP contribution in [-0.4, -0.2) is 57.0 Å². The maximum absolute atomic E-state index is 13.0. The number of nitrogens with one attached hydrogen (secondary N) is 3. The van der Waals surface area contributed by atoms with E-state index < -0.39 is 0 Å². The molecule has 6 rings (SSSR count). The lowest BCUT2D eigenvalue weighted by Crippen LogP contribution is -2.43. The minimum atomic E-state index is -0.195. The van der Waals surface area contributed by atoms with Gasteiger partial charge in [0.15, 0.2) is 0 Å². The topological polar surface area (TPSA) is 112 Å². The van der Waals surface area contributed by atoms with Crippen molar-refractivity contribution in [2.24, 2.45) is 0 Å². The summed E-state index contributed by atoms with van der Waals surface area (Å²) in [5, 5.41) is 8.20. The average Bonchev–Trinajstić information content (AvgIpc) is 3.32. The number of H-pyrrole nitrogens is 1. The maximum atomic E-state index is 13.0. The molecule has 1 aromatic carbocycles. The zero-order valence-corrected chi connectivity index (χ0v) is 18.3. The van der Waals surface area contributed by atoms with Gasteiger partial charge in [0.25, 0.3) is 5.91 Å². The molecule has 1 fully saturated rings. The van der Waals surface area contributed by atoms with Crippen LogP contribution in [0.5, 0.6) is 0 Å². The fraction of sp³-hybridized carbons (Fsp3) is 0.160. The van der Waals surface area contributed by atoms with Crippen LogP contribution in [-0.2, 0) is 0 Å². The molecule has 9 nitrogen and oxygen atoms in total. The highest BCUT2D eigenvalue weighted by Crippen LogP contribution is 2.31. The molecule has 0 bridgehead atoms. The van der Waals surface area contributed by atoms with Crippen molar-refractivity contribution >= 4 is 39.3 Å². The number of hydrogen-bond donors (Lipinski definition) is 3. The SMILES string of the molecule is O=C(Nc1cnc2[nH]cc(-c3ccc4ncncc4c3)c2c1)c1ccnc(N2CCNCC2)c1. The number of pyridine rings is 2. The summed E-state index contributed by atoms with van der Waals surface area (Å²) >= 11 is 0. The van der Waals surface area contributed by atoms with Gasteiger partial charge >= 0.3 is 0 Å². The number of amides is 1. The molecular formula is C25H22N8O. The lowest BCUT2D eigenvalue weighted by molar-refractivity contribution is 0.102. The number of benzene rings is 1. The fourth-order valence-corrected chi connectivity index (χ4v) is 4.29. The van der Waals surface area contributed by atoms with E-state index in [0.29, 0.717) is 11.3 Å². The van der Waals surface area contributed by atoms with E-state index in [9.17, 15) is 4.79 Å². The van der Waals surface area contributed by atoms with Crippen LogP contribution in [0.15, 0.2) is 67.5 Å². The number of piperazine rings is 1. The van der Waals surface area contributed by atoms with Gasteiger partial charge in [0.1, 0.15) is 17.8 Å². The predicted octanol–water partition coefficient (Wildman–Crippen LogP) is 3.23. The quantitative estimate of drug-likeness (QED) is 0.385. The normalized spacial score (nSPS) is 13.9. The van der Waals surface area contributed by atoms with Crippen LogP contribution in [0.4, 0.5) is 11.5 Å². The fourth-order valence-electron chi connectivity index (χ4n) is 4.29. The van der Waals surface area contributed by atoms with Gasteiger partial charge in [0, 0.05) is 66.7 Å². The molecule has 5 aromatic rings. The Bertz CT molecular complexity index is 1510. The van der Waals surface area contributed by atoms with E-state index in [-0.39, 0.29) is 5.91 Å². The van der Waals surface area contributed by atoms with Crippen molar-refractivity contribution < 1.29 is 4.79 Å². The Labute approximate surface area is 195 Å². The summed E-state index contributed by atoms with van der Waals surface area (Å²) < 4.78 is 0. The van der Waals surface area contributed by atoms with Crippen molar-refractivity contribution in [3.63, 3.8) is 0 Å². The minimum absolute atomic E-state index is 0.195. The van der Waals surface area contributed by atoms with E-state index in [2.05, 4.69) is 46.5 Å². The summed E-state index contributed by atoms with van der Waals surface area (Å²) in [4.78, 5) is 35.8. The Morgan fingerprint density at radius 3 is 2.82 bits per heavy atom. The molecule has 1 aliphatic rings. The molecule has 5 heterocycles. The standard InChI is InChI=1S/C25H22N8O/c34-25(17-3-4-28-23(10-17)33-7-5-26-6-8-33)32-19-11-20-21(14-30-24(20)29-13-19)16-1-2-22-18(9-16)12-27-15-31-22/h1-4,9-15,26H,5-8H2,(H,29,30)(H,32,34). The first-order chi connectivity index (χ1) is 16.7. The highest BCUT2D eigenvalue weighted by molar-refractivity contribution is 6.06. The molecule has 0 radical (unpaired) electrons. The number of anilines is 2. The first kappa shape index (κ1) is 20.3. The second kappa shape index (κ2) is 8.53. The van der Waals surface area contributed by atoms with Crippen LogP contribution in [0.2, 0.25) is 0 Å². The Balaban J connectivity index is 1.28. The number of aromatic amines is 1. The summed E-state index contributed by atoms with van der Waals surface area (Å²) in [5.41, 5.74) is 4.85. The minimum Gasteiger partial charge on any atom is -0.354 e. The molecule has 34 heavy (non-hydrogen) atoms. The number of nitrogens with zero attached hydrogens (tertiary/aromatic N) is 5. The van der Waals surface area contributed by atoms with Crippen LogP contribution in [0.25, 0.3) is 33.1 Å². The number of fused-ring (bicyclic) bond motifs is 2. The Morgan fingerprint density at radius 2 is 1.91 bits per heavy atom. The molecule has 0 unspecified atom stereocenters. The van der Waals surface area contributed by atoms with Crippen LogP contribution < -0.4 is 15.5 Å². The predicted molar refractivity (Wildman–Crippen MR) is 132 cm³/mol. The third-order valence-corrected chi connectivity index (χ3v) is 6.05. The zero-order chi connectivity index (χ0) is 22.9. The van der Waals surface area contributed by atoms with Gasteiger partial charge in [0.05, 0.1) is 17.4 Å². The number of carbonyl (C=O) groups excluding carboxylic acids is 1. The summed E-state index contributed by atoms with van der Waals surface area (Å²) in [6.45, 7) is 3.56. The molecular weight excluding hydrogens is 428 g/mol. The van der Waals surface area contributed by atoms with Crippen LogP contribution >= 0.6 is 0 Å². The third kappa shape index (κ3) is 3.82. The highest BCUT2D eigenvalue weighted by atomic mass is 16.1. The number of hydrogen-bond acceptors (Lipinski definition) is 7. The van der Waals surface area contributed by atoms with Crippen LogP contribution in [0.1, 0.15) is 10.4 Å². The summed E-state index contributed by atoms with van der Waals surface area (Å²) in [7, 11) is 0. The molecule has 168 valence electrons. The Morgan fingerprint density at radius 1 is 1.00 bits per heavy atom.